The van der Waals surface area contributed by atoms with E-state index in [9.17, 15) is 9.59 Å². The number of rotatable bonds is 6. The molecule has 23 heavy (non-hydrogen) atoms. The smallest absolute Gasteiger partial charge is 0.329 e. The van der Waals surface area contributed by atoms with E-state index in [-0.39, 0.29) is 6.04 Å². The second-order valence-corrected chi connectivity index (χ2v) is 6.00. The number of hydrogen-bond donors (Lipinski definition) is 2. The average Bonchev–Trinajstić information content (AvgIpc) is 2.50. The molecule has 2 amide bonds. The molecular formula is C17H25N3O3. The molecule has 1 rings (SSSR count). The average molecular weight is 319 g/mol. The highest BCUT2D eigenvalue weighted by molar-refractivity contribution is 6.35. The number of hydrazone groups is 1. The van der Waals surface area contributed by atoms with Crippen molar-refractivity contribution in [2.75, 3.05) is 6.61 Å². The van der Waals surface area contributed by atoms with E-state index in [2.05, 4.69) is 29.7 Å². The highest BCUT2D eigenvalue weighted by atomic mass is 16.5. The Balaban J connectivity index is 2.61. The van der Waals surface area contributed by atoms with Gasteiger partial charge in [0.25, 0.3) is 0 Å². The lowest BCUT2D eigenvalue weighted by molar-refractivity contribution is -0.139. The van der Waals surface area contributed by atoms with Crippen LogP contribution in [0.2, 0.25) is 0 Å². The molecule has 0 atom stereocenters. The molecule has 0 saturated heterocycles. The van der Waals surface area contributed by atoms with Gasteiger partial charge in [0.05, 0.1) is 12.3 Å². The Labute approximate surface area is 137 Å². The zero-order chi connectivity index (χ0) is 17.4. The number of nitrogens with one attached hydrogen (secondary N) is 2. The monoisotopic (exact) mass is 319 g/mol. The number of benzene rings is 1. The van der Waals surface area contributed by atoms with E-state index in [4.69, 9.17) is 4.74 Å². The van der Waals surface area contributed by atoms with Crippen LogP contribution in [0.4, 0.5) is 0 Å². The van der Waals surface area contributed by atoms with Gasteiger partial charge in [-0.05, 0) is 56.5 Å². The van der Waals surface area contributed by atoms with Gasteiger partial charge < -0.3 is 10.1 Å². The lowest BCUT2D eigenvalue weighted by Crippen LogP contribution is -2.41. The van der Waals surface area contributed by atoms with Gasteiger partial charge in [0.2, 0.25) is 0 Å². The summed E-state index contributed by atoms with van der Waals surface area (Å²) >= 11 is 0. The molecule has 0 fully saturated rings. The molecule has 0 aromatic heterocycles. The molecule has 6 heteroatoms. The van der Waals surface area contributed by atoms with Crippen LogP contribution in [0.25, 0.3) is 0 Å². The first kappa shape index (κ1) is 18.7. The van der Waals surface area contributed by atoms with Crippen molar-refractivity contribution in [3.63, 3.8) is 0 Å². The zero-order valence-corrected chi connectivity index (χ0v) is 14.3. The third-order valence-corrected chi connectivity index (χ3v) is 2.81. The van der Waals surface area contributed by atoms with Crippen LogP contribution in [0.3, 0.4) is 0 Å². The van der Waals surface area contributed by atoms with Gasteiger partial charge >= 0.3 is 11.8 Å². The van der Waals surface area contributed by atoms with Gasteiger partial charge in [-0.2, -0.15) is 5.10 Å². The van der Waals surface area contributed by atoms with Crippen molar-refractivity contribution in [2.24, 2.45) is 11.0 Å². The molecule has 0 saturated carbocycles. The van der Waals surface area contributed by atoms with Crippen LogP contribution in [0.5, 0.6) is 5.75 Å². The summed E-state index contributed by atoms with van der Waals surface area (Å²) in [4.78, 5) is 23.0. The molecule has 0 radical (unpaired) electrons. The molecule has 0 bridgehead atoms. The summed E-state index contributed by atoms with van der Waals surface area (Å²) < 4.78 is 5.61. The molecule has 0 aliphatic heterocycles. The minimum Gasteiger partial charge on any atom is -0.493 e. The third-order valence-electron chi connectivity index (χ3n) is 2.81. The molecule has 0 aliphatic carbocycles. The highest BCUT2D eigenvalue weighted by Gasteiger charge is 2.13. The van der Waals surface area contributed by atoms with E-state index in [0.717, 1.165) is 11.3 Å². The molecule has 1 aromatic rings. The summed E-state index contributed by atoms with van der Waals surface area (Å²) in [7, 11) is 0. The topological polar surface area (TPSA) is 79.8 Å². The molecule has 0 heterocycles. The van der Waals surface area contributed by atoms with Gasteiger partial charge in [-0.3, -0.25) is 9.59 Å². The van der Waals surface area contributed by atoms with Crippen LogP contribution in [0.15, 0.2) is 29.4 Å². The fourth-order valence-electron chi connectivity index (χ4n) is 1.63. The van der Waals surface area contributed by atoms with E-state index in [1.165, 1.54) is 0 Å². The van der Waals surface area contributed by atoms with Crippen molar-refractivity contribution in [1.29, 1.82) is 0 Å². The van der Waals surface area contributed by atoms with Crippen molar-refractivity contribution in [2.45, 2.75) is 40.7 Å². The van der Waals surface area contributed by atoms with Crippen LogP contribution in [-0.4, -0.2) is 30.2 Å². The predicted molar refractivity (Wildman–Crippen MR) is 90.4 cm³/mol. The van der Waals surface area contributed by atoms with Crippen LogP contribution in [0, 0.1) is 5.92 Å². The maximum atomic E-state index is 11.6. The number of nitrogens with zero attached hydrogens (tertiary/aromatic N) is 1. The van der Waals surface area contributed by atoms with Gasteiger partial charge in [-0.15, -0.1) is 0 Å². The Hall–Kier alpha value is -2.37. The van der Waals surface area contributed by atoms with Gasteiger partial charge in [-0.1, -0.05) is 13.8 Å². The van der Waals surface area contributed by atoms with E-state index < -0.39 is 11.8 Å². The minimum absolute atomic E-state index is 0.100. The fourth-order valence-corrected chi connectivity index (χ4v) is 1.63. The SMILES string of the molecule is C/C(=N/NC(=O)C(=O)NC(C)C)c1ccc(OCC(C)C)cc1. The molecule has 1 aromatic carbocycles. The lowest BCUT2D eigenvalue weighted by atomic mass is 10.1. The first-order valence-corrected chi connectivity index (χ1v) is 7.68. The van der Waals surface area contributed by atoms with E-state index in [1.807, 2.05) is 24.3 Å². The van der Waals surface area contributed by atoms with Crippen molar-refractivity contribution >= 4 is 17.5 Å². The summed E-state index contributed by atoms with van der Waals surface area (Å²) in [6.45, 7) is 10.1. The minimum atomic E-state index is -0.782. The van der Waals surface area contributed by atoms with Gasteiger partial charge in [-0.25, -0.2) is 5.43 Å². The largest absolute Gasteiger partial charge is 0.493 e. The molecule has 0 unspecified atom stereocenters. The summed E-state index contributed by atoms with van der Waals surface area (Å²) in [6, 6.07) is 7.31. The molecule has 6 nitrogen and oxygen atoms in total. The summed E-state index contributed by atoms with van der Waals surface area (Å²) in [5.41, 5.74) is 3.69. The predicted octanol–water partition coefficient (Wildman–Crippen LogP) is 2.09. The van der Waals surface area contributed by atoms with Crippen molar-refractivity contribution in [1.82, 2.24) is 10.7 Å². The Morgan fingerprint density at radius 1 is 1.09 bits per heavy atom. The fraction of sp³-hybridized carbons (Fsp3) is 0.471. The normalized spacial score (nSPS) is 11.5. The quantitative estimate of drug-likeness (QED) is 0.479. The Morgan fingerprint density at radius 2 is 1.70 bits per heavy atom. The van der Waals surface area contributed by atoms with Gasteiger partial charge in [0, 0.05) is 6.04 Å². The first-order valence-electron chi connectivity index (χ1n) is 7.68. The van der Waals surface area contributed by atoms with Gasteiger partial charge in [0.1, 0.15) is 5.75 Å². The molecule has 126 valence electrons. The second-order valence-electron chi connectivity index (χ2n) is 6.00. The first-order chi connectivity index (χ1) is 10.8. The maximum Gasteiger partial charge on any atom is 0.329 e. The van der Waals surface area contributed by atoms with Crippen molar-refractivity contribution in [3.8, 4) is 5.75 Å². The molecule has 0 spiro atoms. The maximum absolute atomic E-state index is 11.6. The lowest BCUT2D eigenvalue weighted by Gasteiger charge is -2.09. The summed E-state index contributed by atoms with van der Waals surface area (Å²) in [5.74, 6) is -0.232. The van der Waals surface area contributed by atoms with E-state index >= 15 is 0 Å². The third kappa shape index (κ3) is 6.95. The van der Waals surface area contributed by atoms with Crippen molar-refractivity contribution in [3.05, 3.63) is 29.8 Å². The second kappa shape index (κ2) is 8.92. The summed E-state index contributed by atoms with van der Waals surface area (Å²) in [5, 5.41) is 6.44. The summed E-state index contributed by atoms with van der Waals surface area (Å²) in [6.07, 6.45) is 0. The molecule has 2 N–H and O–H groups in total. The van der Waals surface area contributed by atoms with Crippen molar-refractivity contribution < 1.29 is 14.3 Å². The van der Waals surface area contributed by atoms with Crippen LogP contribution < -0.4 is 15.5 Å². The number of ether oxygens (including phenoxy) is 1. The van der Waals surface area contributed by atoms with Gasteiger partial charge in [0.15, 0.2) is 0 Å². The Morgan fingerprint density at radius 3 is 2.22 bits per heavy atom. The zero-order valence-electron chi connectivity index (χ0n) is 14.3. The standard InChI is InChI=1S/C17H25N3O3/c1-11(2)10-23-15-8-6-14(7-9-15)13(5)19-20-17(22)16(21)18-12(3)4/h6-9,11-12H,10H2,1-5H3,(H,18,21)(H,20,22)/b19-13-. The highest BCUT2D eigenvalue weighted by Crippen LogP contribution is 2.13. The molecular weight excluding hydrogens is 294 g/mol. The van der Waals surface area contributed by atoms with E-state index in [1.54, 1.807) is 20.8 Å². The van der Waals surface area contributed by atoms with E-state index in [0.29, 0.717) is 18.2 Å². The van der Waals surface area contributed by atoms with Crippen LogP contribution >= 0.6 is 0 Å². The number of carbonyl (C=O) groups excluding carboxylic acids is 2. The Kier molecular flexibility index (Phi) is 7.25. The molecule has 0 aliphatic rings. The number of amides is 2. The number of carbonyl (C=O) groups is 2. The number of hydrogen-bond acceptors (Lipinski definition) is 4. The van der Waals surface area contributed by atoms with Crippen LogP contribution in [-0.2, 0) is 9.59 Å². The Bertz CT molecular complexity index is 563. The van der Waals surface area contributed by atoms with Crippen LogP contribution in [0.1, 0.15) is 40.2 Å².